The van der Waals surface area contributed by atoms with Crippen LogP contribution in [-0.2, 0) is 17.9 Å². The fourth-order valence-corrected chi connectivity index (χ4v) is 2.17. The molecule has 1 heterocycles. The SMILES string of the molecule is OCc1cccc(Cl)c1CN1CCOCC1. The zero-order valence-electron chi connectivity index (χ0n) is 9.16. The summed E-state index contributed by atoms with van der Waals surface area (Å²) in [5, 5.41) is 10.0. The third-order valence-electron chi connectivity index (χ3n) is 2.87. The van der Waals surface area contributed by atoms with Gasteiger partial charge in [0, 0.05) is 24.7 Å². The number of aliphatic hydroxyl groups excluding tert-OH is 1. The van der Waals surface area contributed by atoms with Crippen LogP contribution in [0, 0.1) is 0 Å². The Morgan fingerprint density at radius 3 is 2.75 bits per heavy atom. The van der Waals surface area contributed by atoms with E-state index in [4.69, 9.17) is 16.3 Å². The van der Waals surface area contributed by atoms with Gasteiger partial charge in [-0.15, -0.1) is 0 Å². The van der Waals surface area contributed by atoms with Gasteiger partial charge in [-0.3, -0.25) is 4.90 Å². The third-order valence-corrected chi connectivity index (χ3v) is 3.23. The molecule has 0 spiro atoms. The van der Waals surface area contributed by atoms with Gasteiger partial charge in [-0.05, 0) is 17.2 Å². The van der Waals surface area contributed by atoms with Gasteiger partial charge in [0.25, 0.3) is 0 Å². The maximum Gasteiger partial charge on any atom is 0.0685 e. The van der Waals surface area contributed by atoms with Crippen molar-refractivity contribution >= 4 is 11.6 Å². The van der Waals surface area contributed by atoms with Crippen molar-refractivity contribution in [3.8, 4) is 0 Å². The Hall–Kier alpha value is -0.610. The van der Waals surface area contributed by atoms with Crippen molar-refractivity contribution in [2.45, 2.75) is 13.2 Å². The van der Waals surface area contributed by atoms with E-state index in [1.807, 2.05) is 18.2 Å². The molecule has 0 amide bonds. The molecule has 1 aliphatic rings. The van der Waals surface area contributed by atoms with E-state index in [0.717, 1.165) is 49.0 Å². The predicted octanol–water partition coefficient (Wildman–Crippen LogP) is 1.66. The van der Waals surface area contributed by atoms with Gasteiger partial charge in [0.2, 0.25) is 0 Å². The van der Waals surface area contributed by atoms with E-state index in [0.29, 0.717) is 0 Å². The molecule has 0 aliphatic carbocycles. The molecule has 2 rings (SSSR count). The van der Waals surface area contributed by atoms with E-state index in [2.05, 4.69) is 4.90 Å². The quantitative estimate of drug-likeness (QED) is 0.874. The second-order valence-electron chi connectivity index (χ2n) is 3.92. The van der Waals surface area contributed by atoms with Crippen molar-refractivity contribution in [2.75, 3.05) is 26.3 Å². The van der Waals surface area contributed by atoms with Crippen LogP contribution in [0.1, 0.15) is 11.1 Å². The van der Waals surface area contributed by atoms with Crippen molar-refractivity contribution in [2.24, 2.45) is 0 Å². The first kappa shape index (κ1) is 11.9. The minimum atomic E-state index is 0.0419. The maximum absolute atomic E-state index is 9.27. The zero-order chi connectivity index (χ0) is 11.4. The number of nitrogens with zero attached hydrogens (tertiary/aromatic N) is 1. The molecule has 1 fully saturated rings. The van der Waals surface area contributed by atoms with Crippen molar-refractivity contribution in [1.82, 2.24) is 4.90 Å². The number of rotatable bonds is 3. The lowest BCUT2D eigenvalue weighted by Gasteiger charge is -2.27. The average Bonchev–Trinajstić information content (AvgIpc) is 2.33. The van der Waals surface area contributed by atoms with E-state index in [1.54, 1.807) is 0 Å². The van der Waals surface area contributed by atoms with Crippen LogP contribution in [-0.4, -0.2) is 36.3 Å². The van der Waals surface area contributed by atoms with Crippen LogP contribution in [0.15, 0.2) is 18.2 Å². The Balaban J connectivity index is 2.12. The highest BCUT2D eigenvalue weighted by atomic mass is 35.5. The van der Waals surface area contributed by atoms with Gasteiger partial charge in [-0.2, -0.15) is 0 Å². The van der Waals surface area contributed by atoms with Crippen molar-refractivity contribution in [3.63, 3.8) is 0 Å². The Labute approximate surface area is 101 Å². The largest absolute Gasteiger partial charge is 0.392 e. The molecule has 0 saturated carbocycles. The highest BCUT2D eigenvalue weighted by molar-refractivity contribution is 6.31. The minimum absolute atomic E-state index is 0.0419. The molecule has 0 unspecified atom stereocenters. The van der Waals surface area contributed by atoms with Gasteiger partial charge in [0.05, 0.1) is 19.8 Å². The summed E-state index contributed by atoms with van der Waals surface area (Å²) in [4.78, 5) is 2.30. The van der Waals surface area contributed by atoms with Crippen molar-refractivity contribution in [3.05, 3.63) is 34.3 Å². The zero-order valence-corrected chi connectivity index (χ0v) is 9.91. The lowest BCUT2D eigenvalue weighted by atomic mass is 10.1. The van der Waals surface area contributed by atoms with Crippen LogP contribution in [0.5, 0.6) is 0 Å². The summed E-state index contributed by atoms with van der Waals surface area (Å²) >= 11 is 6.16. The van der Waals surface area contributed by atoms with Gasteiger partial charge in [0.15, 0.2) is 0 Å². The Morgan fingerprint density at radius 2 is 2.06 bits per heavy atom. The molecule has 0 aromatic heterocycles. The van der Waals surface area contributed by atoms with E-state index < -0.39 is 0 Å². The Bertz CT molecular complexity index is 351. The molecule has 3 nitrogen and oxygen atoms in total. The lowest BCUT2D eigenvalue weighted by molar-refractivity contribution is 0.0339. The van der Waals surface area contributed by atoms with Crippen LogP contribution < -0.4 is 0 Å². The second-order valence-corrected chi connectivity index (χ2v) is 4.33. The van der Waals surface area contributed by atoms with E-state index in [-0.39, 0.29) is 6.61 Å². The molecule has 1 aliphatic heterocycles. The second kappa shape index (κ2) is 5.64. The number of ether oxygens (including phenoxy) is 1. The van der Waals surface area contributed by atoms with Crippen LogP contribution in [0.2, 0.25) is 5.02 Å². The first-order valence-electron chi connectivity index (χ1n) is 5.48. The molecule has 0 bridgehead atoms. The fourth-order valence-electron chi connectivity index (χ4n) is 1.91. The molecular formula is C12H16ClNO2. The third kappa shape index (κ3) is 2.74. The summed E-state index contributed by atoms with van der Waals surface area (Å²) in [5.74, 6) is 0. The van der Waals surface area contributed by atoms with E-state index >= 15 is 0 Å². The summed E-state index contributed by atoms with van der Waals surface area (Å²) in [5.41, 5.74) is 1.95. The standard InChI is InChI=1S/C12H16ClNO2/c13-12-3-1-2-10(9-15)11(12)8-14-4-6-16-7-5-14/h1-3,15H,4-9H2. The highest BCUT2D eigenvalue weighted by Gasteiger charge is 2.14. The van der Waals surface area contributed by atoms with Crippen LogP contribution >= 0.6 is 11.6 Å². The summed E-state index contributed by atoms with van der Waals surface area (Å²) in [7, 11) is 0. The first-order valence-corrected chi connectivity index (χ1v) is 5.86. The molecule has 1 aromatic rings. The summed E-state index contributed by atoms with van der Waals surface area (Å²) in [6.07, 6.45) is 0. The molecule has 1 saturated heterocycles. The summed E-state index contributed by atoms with van der Waals surface area (Å²) in [6, 6.07) is 5.66. The van der Waals surface area contributed by atoms with E-state index in [1.165, 1.54) is 0 Å². The highest BCUT2D eigenvalue weighted by Crippen LogP contribution is 2.22. The number of benzene rings is 1. The predicted molar refractivity (Wildman–Crippen MR) is 63.5 cm³/mol. The Morgan fingerprint density at radius 1 is 1.31 bits per heavy atom. The van der Waals surface area contributed by atoms with Crippen LogP contribution in [0.25, 0.3) is 0 Å². The van der Waals surface area contributed by atoms with Crippen LogP contribution in [0.3, 0.4) is 0 Å². The number of hydrogen-bond acceptors (Lipinski definition) is 3. The van der Waals surface area contributed by atoms with Gasteiger partial charge >= 0.3 is 0 Å². The molecule has 16 heavy (non-hydrogen) atoms. The van der Waals surface area contributed by atoms with Gasteiger partial charge in [0.1, 0.15) is 0 Å². The molecule has 0 atom stereocenters. The number of morpholine rings is 1. The van der Waals surface area contributed by atoms with Crippen molar-refractivity contribution in [1.29, 1.82) is 0 Å². The van der Waals surface area contributed by atoms with Gasteiger partial charge in [-0.1, -0.05) is 23.7 Å². The maximum atomic E-state index is 9.27. The number of aliphatic hydroxyl groups is 1. The smallest absolute Gasteiger partial charge is 0.0685 e. The molecule has 1 aromatic carbocycles. The van der Waals surface area contributed by atoms with Gasteiger partial charge < -0.3 is 9.84 Å². The summed E-state index contributed by atoms with van der Waals surface area (Å²) in [6.45, 7) is 4.24. The molecular weight excluding hydrogens is 226 g/mol. The van der Waals surface area contributed by atoms with Crippen molar-refractivity contribution < 1.29 is 9.84 Å². The minimum Gasteiger partial charge on any atom is -0.392 e. The monoisotopic (exact) mass is 241 g/mol. The molecule has 1 N–H and O–H groups in total. The fraction of sp³-hybridized carbons (Fsp3) is 0.500. The Kier molecular flexibility index (Phi) is 4.18. The molecule has 4 heteroatoms. The lowest BCUT2D eigenvalue weighted by Crippen LogP contribution is -2.36. The molecule has 0 radical (unpaired) electrons. The van der Waals surface area contributed by atoms with Crippen LogP contribution in [0.4, 0.5) is 0 Å². The molecule has 88 valence electrons. The first-order chi connectivity index (χ1) is 7.81. The number of halogens is 1. The van der Waals surface area contributed by atoms with Gasteiger partial charge in [-0.25, -0.2) is 0 Å². The normalized spacial score (nSPS) is 17.6. The topological polar surface area (TPSA) is 32.7 Å². The number of hydrogen-bond donors (Lipinski definition) is 1. The van der Waals surface area contributed by atoms with E-state index in [9.17, 15) is 5.11 Å². The summed E-state index contributed by atoms with van der Waals surface area (Å²) < 4.78 is 5.30. The average molecular weight is 242 g/mol.